The standard InChI is InChI=1S/C12H17NO3/c1-10(14)7-13-12(15)9-16-8-11-5-3-2-4-6-11/h2-6,10,14H,7-9H2,1H3,(H,13,15)/t10-/m1/s1. The second-order valence-corrected chi connectivity index (χ2v) is 3.63. The number of aliphatic hydroxyl groups is 1. The van der Waals surface area contributed by atoms with Gasteiger partial charge < -0.3 is 15.2 Å². The van der Waals surface area contributed by atoms with Crippen molar-refractivity contribution < 1.29 is 14.6 Å². The monoisotopic (exact) mass is 223 g/mol. The molecule has 1 aromatic carbocycles. The van der Waals surface area contributed by atoms with Gasteiger partial charge in [0.15, 0.2) is 0 Å². The van der Waals surface area contributed by atoms with Crippen LogP contribution in [0.2, 0.25) is 0 Å². The topological polar surface area (TPSA) is 58.6 Å². The van der Waals surface area contributed by atoms with E-state index >= 15 is 0 Å². The number of hydrogen-bond acceptors (Lipinski definition) is 3. The molecule has 0 saturated heterocycles. The highest BCUT2D eigenvalue weighted by Crippen LogP contribution is 1.99. The number of benzene rings is 1. The summed E-state index contributed by atoms with van der Waals surface area (Å²) in [6.07, 6.45) is -0.530. The molecule has 0 fully saturated rings. The molecule has 1 atom stereocenters. The van der Waals surface area contributed by atoms with E-state index < -0.39 is 6.10 Å². The van der Waals surface area contributed by atoms with E-state index in [1.807, 2.05) is 30.3 Å². The van der Waals surface area contributed by atoms with E-state index in [4.69, 9.17) is 9.84 Å². The van der Waals surface area contributed by atoms with Crippen LogP contribution >= 0.6 is 0 Å². The quantitative estimate of drug-likeness (QED) is 0.746. The number of hydrogen-bond donors (Lipinski definition) is 2. The van der Waals surface area contributed by atoms with Crippen molar-refractivity contribution in [3.8, 4) is 0 Å². The van der Waals surface area contributed by atoms with E-state index in [-0.39, 0.29) is 19.1 Å². The zero-order valence-corrected chi connectivity index (χ0v) is 9.35. The van der Waals surface area contributed by atoms with Crippen molar-refractivity contribution in [3.05, 3.63) is 35.9 Å². The number of ether oxygens (including phenoxy) is 1. The highest BCUT2D eigenvalue weighted by atomic mass is 16.5. The van der Waals surface area contributed by atoms with Crippen molar-refractivity contribution in [1.82, 2.24) is 5.32 Å². The highest BCUT2D eigenvalue weighted by molar-refractivity contribution is 5.77. The summed E-state index contributed by atoms with van der Waals surface area (Å²) in [5, 5.41) is 11.5. The third-order valence-electron chi connectivity index (χ3n) is 1.94. The molecule has 0 heterocycles. The molecular weight excluding hydrogens is 206 g/mol. The van der Waals surface area contributed by atoms with Crippen LogP contribution in [-0.2, 0) is 16.1 Å². The maximum absolute atomic E-state index is 11.2. The lowest BCUT2D eigenvalue weighted by Gasteiger charge is -2.07. The van der Waals surface area contributed by atoms with Gasteiger partial charge in [-0.3, -0.25) is 4.79 Å². The van der Waals surface area contributed by atoms with Gasteiger partial charge in [-0.2, -0.15) is 0 Å². The molecule has 0 unspecified atom stereocenters. The Labute approximate surface area is 95.2 Å². The van der Waals surface area contributed by atoms with Gasteiger partial charge in [-0.25, -0.2) is 0 Å². The van der Waals surface area contributed by atoms with Gasteiger partial charge in [0.25, 0.3) is 0 Å². The van der Waals surface area contributed by atoms with Crippen LogP contribution in [0.15, 0.2) is 30.3 Å². The molecule has 88 valence electrons. The van der Waals surface area contributed by atoms with E-state index in [1.165, 1.54) is 0 Å². The number of carbonyl (C=O) groups is 1. The average Bonchev–Trinajstić information content (AvgIpc) is 2.28. The van der Waals surface area contributed by atoms with Gasteiger partial charge in [0, 0.05) is 6.54 Å². The molecule has 0 bridgehead atoms. The summed E-state index contributed by atoms with van der Waals surface area (Å²) in [6.45, 7) is 2.31. The molecule has 0 aliphatic rings. The lowest BCUT2D eigenvalue weighted by molar-refractivity contribution is -0.126. The Morgan fingerprint density at radius 3 is 2.75 bits per heavy atom. The first kappa shape index (κ1) is 12.7. The molecule has 0 aromatic heterocycles. The fourth-order valence-electron chi connectivity index (χ4n) is 1.15. The zero-order chi connectivity index (χ0) is 11.8. The fourth-order valence-corrected chi connectivity index (χ4v) is 1.15. The van der Waals surface area contributed by atoms with Crippen molar-refractivity contribution in [2.75, 3.05) is 13.2 Å². The summed E-state index contributed by atoms with van der Waals surface area (Å²) < 4.78 is 5.22. The van der Waals surface area contributed by atoms with Crippen LogP contribution < -0.4 is 5.32 Å². The molecule has 16 heavy (non-hydrogen) atoms. The Kier molecular flexibility index (Phi) is 5.53. The Morgan fingerprint density at radius 1 is 1.44 bits per heavy atom. The van der Waals surface area contributed by atoms with E-state index in [9.17, 15) is 4.79 Å². The minimum atomic E-state index is -0.530. The van der Waals surface area contributed by atoms with Gasteiger partial charge in [-0.05, 0) is 12.5 Å². The largest absolute Gasteiger partial charge is 0.392 e. The second kappa shape index (κ2) is 6.98. The third-order valence-corrected chi connectivity index (χ3v) is 1.94. The SMILES string of the molecule is C[C@@H](O)CNC(=O)COCc1ccccc1. The highest BCUT2D eigenvalue weighted by Gasteiger charge is 2.02. The lowest BCUT2D eigenvalue weighted by atomic mass is 10.2. The van der Waals surface area contributed by atoms with Gasteiger partial charge >= 0.3 is 0 Å². The van der Waals surface area contributed by atoms with E-state index in [0.29, 0.717) is 6.61 Å². The van der Waals surface area contributed by atoms with Crippen molar-refractivity contribution >= 4 is 5.91 Å². The number of carbonyl (C=O) groups excluding carboxylic acids is 1. The average molecular weight is 223 g/mol. The van der Waals surface area contributed by atoms with Crippen molar-refractivity contribution in [1.29, 1.82) is 0 Å². The fraction of sp³-hybridized carbons (Fsp3) is 0.417. The summed E-state index contributed by atoms with van der Waals surface area (Å²) in [5.41, 5.74) is 1.03. The van der Waals surface area contributed by atoms with Crippen LogP contribution in [0.4, 0.5) is 0 Å². The van der Waals surface area contributed by atoms with E-state index in [1.54, 1.807) is 6.92 Å². The number of aliphatic hydroxyl groups excluding tert-OH is 1. The van der Waals surface area contributed by atoms with Crippen molar-refractivity contribution in [2.24, 2.45) is 0 Å². The molecule has 0 aliphatic carbocycles. The summed E-state index contributed by atoms with van der Waals surface area (Å²) in [4.78, 5) is 11.2. The summed E-state index contributed by atoms with van der Waals surface area (Å²) in [6, 6.07) is 9.65. The molecule has 2 N–H and O–H groups in total. The predicted octanol–water partition coefficient (Wildman–Crippen LogP) is 0.700. The molecule has 1 rings (SSSR count). The molecule has 1 aromatic rings. The van der Waals surface area contributed by atoms with Gasteiger partial charge in [0.1, 0.15) is 6.61 Å². The molecule has 1 amide bonds. The zero-order valence-electron chi connectivity index (χ0n) is 9.35. The van der Waals surface area contributed by atoms with Crippen LogP contribution in [0.3, 0.4) is 0 Å². The smallest absolute Gasteiger partial charge is 0.246 e. The first-order chi connectivity index (χ1) is 7.68. The Hall–Kier alpha value is -1.39. The third kappa shape index (κ3) is 5.48. The van der Waals surface area contributed by atoms with E-state index in [0.717, 1.165) is 5.56 Å². The van der Waals surface area contributed by atoms with Crippen molar-refractivity contribution in [2.45, 2.75) is 19.6 Å². The molecule has 0 aliphatic heterocycles. The summed E-state index contributed by atoms with van der Waals surface area (Å²) >= 11 is 0. The van der Waals surface area contributed by atoms with Crippen LogP contribution in [0.1, 0.15) is 12.5 Å². The Morgan fingerprint density at radius 2 is 2.12 bits per heavy atom. The predicted molar refractivity (Wildman–Crippen MR) is 60.8 cm³/mol. The minimum absolute atomic E-state index is 0.0155. The van der Waals surface area contributed by atoms with E-state index in [2.05, 4.69) is 5.32 Å². The maximum Gasteiger partial charge on any atom is 0.246 e. The lowest BCUT2D eigenvalue weighted by Crippen LogP contribution is -2.33. The molecule has 0 radical (unpaired) electrons. The van der Waals surface area contributed by atoms with Crippen LogP contribution in [0.5, 0.6) is 0 Å². The summed E-state index contributed by atoms with van der Waals surface area (Å²) in [5.74, 6) is -0.211. The van der Waals surface area contributed by atoms with Crippen LogP contribution in [0, 0.1) is 0 Å². The summed E-state index contributed by atoms with van der Waals surface area (Å²) in [7, 11) is 0. The first-order valence-corrected chi connectivity index (χ1v) is 5.25. The van der Waals surface area contributed by atoms with Crippen molar-refractivity contribution in [3.63, 3.8) is 0 Å². The first-order valence-electron chi connectivity index (χ1n) is 5.25. The number of rotatable bonds is 6. The molecule has 4 heteroatoms. The second-order valence-electron chi connectivity index (χ2n) is 3.63. The van der Waals surface area contributed by atoms with Gasteiger partial charge in [0.2, 0.25) is 5.91 Å². The Balaban J connectivity index is 2.13. The number of amides is 1. The number of nitrogens with one attached hydrogen (secondary N) is 1. The molecule has 0 spiro atoms. The molecule has 0 saturated carbocycles. The van der Waals surface area contributed by atoms with Gasteiger partial charge in [-0.15, -0.1) is 0 Å². The van der Waals surface area contributed by atoms with Gasteiger partial charge in [0.05, 0.1) is 12.7 Å². The van der Waals surface area contributed by atoms with Crippen LogP contribution in [0.25, 0.3) is 0 Å². The molecular formula is C12H17NO3. The maximum atomic E-state index is 11.2. The minimum Gasteiger partial charge on any atom is -0.392 e. The normalized spacial score (nSPS) is 12.1. The molecule has 4 nitrogen and oxygen atoms in total. The van der Waals surface area contributed by atoms with Gasteiger partial charge in [-0.1, -0.05) is 30.3 Å². The van der Waals surface area contributed by atoms with Crippen LogP contribution in [-0.4, -0.2) is 30.3 Å². The Bertz CT molecular complexity index is 311.